The summed E-state index contributed by atoms with van der Waals surface area (Å²) in [6, 6.07) is 10.1. The Kier molecular flexibility index (Phi) is 5.98. The van der Waals surface area contributed by atoms with Crippen LogP contribution in [-0.2, 0) is 30.4 Å². The van der Waals surface area contributed by atoms with Crippen LogP contribution in [0.4, 0.5) is 11.4 Å². The molecule has 0 spiro atoms. The second kappa shape index (κ2) is 8.47. The molecule has 0 saturated carbocycles. The molecule has 0 unspecified atom stereocenters. The summed E-state index contributed by atoms with van der Waals surface area (Å²) >= 11 is 0. The van der Waals surface area contributed by atoms with Gasteiger partial charge in [-0.1, -0.05) is 12.1 Å². The first-order chi connectivity index (χ1) is 16.6. The van der Waals surface area contributed by atoms with E-state index in [0.717, 1.165) is 12.1 Å². The van der Waals surface area contributed by atoms with E-state index in [4.69, 9.17) is 0 Å². The monoisotopic (exact) mass is 554 g/mol. The maximum atomic E-state index is 12.0. The molecule has 36 heavy (non-hydrogen) atoms. The van der Waals surface area contributed by atoms with Crippen LogP contribution in [-0.4, -0.2) is 49.1 Å². The van der Waals surface area contributed by atoms with Gasteiger partial charge in [0.25, 0.3) is 30.4 Å². The highest BCUT2D eigenvalue weighted by Crippen LogP contribution is 2.45. The van der Waals surface area contributed by atoms with Crippen molar-refractivity contribution >= 4 is 63.3 Å². The molecule has 13 nitrogen and oxygen atoms in total. The summed E-state index contributed by atoms with van der Waals surface area (Å²) in [7, 11) is -14.4. The molecule has 0 fully saturated rings. The average molecular weight is 555 g/mol. The van der Waals surface area contributed by atoms with Gasteiger partial charge in [0, 0.05) is 6.07 Å². The second-order valence-corrected chi connectivity index (χ2v) is 11.7. The van der Waals surface area contributed by atoms with Gasteiger partial charge in [0.15, 0.2) is 5.75 Å². The highest BCUT2D eigenvalue weighted by Gasteiger charge is 2.25. The molecule has 5 N–H and O–H groups in total. The van der Waals surface area contributed by atoms with Gasteiger partial charge in [-0.15, -0.1) is 5.11 Å². The number of nitrogens with zero attached hydrogens (tertiary/aromatic N) is 2. The van der Waals surface area contributed by atoms with Crippen LogP contribution in [0.5, 0.6) is 11.5 Å². The first-order valence-corrected chi connectivity index (χ1v) is 13.8. The van der Waals surface area contributed by atoms with Crippen molar-refractivity contribution in [2.75, 3.05) is 0 Å². The third kappa shape index (κ3) is 4.85. The lowest BCUT2D eigenvalue weighted by Gasteiger charge is -2.11. The molecule has 0 atom stereocenters. The summed E-state index contributed by atoms with van der Waals surface area (Å²) in [4.78, 5) is -2.18. The Hall–Kier alpha value is -3.67. The van der Waals surface area contributed by atoms with Crippen LogP contribution in [0.25, 0.3) is 21.5 Å². The fourth-order valence-corrected chi connectivity index (χ4v) is 5.13. The zero-order chi connectivity index (χ0) is 26.6. The third-order valence-electron chi connectivity index (χ3n) is 5.04. The number of fused-ring (bicyclic) bond motifs is 2. The summed E-state index contributed by atoms with van der Waals surface area (Å²) < 4.78 is 97.7. The Labute approximate surface area is 203 Å². The minimum atomic E-state index is -5.07. The minimum absolute atomic E-state index is 0.0433. The summed E-state index contributed by atoms with van der Waals surface area (Å²) in [5.41, 5.74) is -0.756. The molecule has 16 heteroatoms. The van der Waals surface area contributed by atoms with Crippen molar-refractivity contribution in [1.29, 1.82) is 0 Å². The van der Waals surface area contributed by atoms with Gasteiger partial charge in [-0.3, -0.25) is 13.7 Å². The third-order valence-corrected chi connectivity index (χ3v) is 7.59. The maximum absolute atomic E-state index is 12.0. The highest BCUT2D eigenvalue weighted by molar-refractivity contribution is 7.86. The quantitative estimate of drug-likeness (QED) is 0.177. The van der Waals surface area contributed by atoms with Gasteiger partial charge in [-0.25, -0.2) is 0 Å². The molecular weight excluding hydrogens is 540 g/mol. The zero-order valence-corrected chi connectivity index (χ0v) is 20.0. The molecule has 0 aromatic heterocycles. The Balaban J connectivity index is 1.92. The Morgan fingerprint density at radius 3 is 1.81 bits per heavy atom. The Bertz CT molecular complexity index is 1930. The molecule has 0 saturated heterocycles. The van der Waals surface area contributed by atoms with Gasteiger partial charge >= 0.3 is 0 Å². The van der Waals surface area contributed by atoms with E-state index in [1.807, 2.05) is 0 Å². The molecule has 188 valence electrons. The number of hydrogen-bond acceptors (Lipinski definition) is 10. The normalized spacial score (nSPS) is 13.1. The van der Waals surface area contributed by atoms with Gasteiger partial charge in [-0.05, 0) is 52.6 Å². The van der Waals surface area contributed by atoms with E-state index in [-0.39, 0.29) is 16.0 Å². The largest absolute Gasteiger partial charge is 0.507 e. The van der Waals surface area contributed by atoms with E-state index in [0.29, 0.717) is 22.9 Å². The van der Waals surface area contributed by atoms with Crippen LogP contribution in [0.3, 0.4) is 0 Å². The maximum Gasteiger partial charge on any atom is 0.296 e. The molecular formula is C20H14N2O11S3. The van der Waals surface area contributed by atoms with Crippen LogP contribution in [0, 0.1) is 0 Å². The molecule has 0 amide bonds. The molecule has 0 heterocycles. The number of phenolic OH excluding ortho intramolecular Hbond substituents is 2. The smallest absolute Gasteiger partial charge is 0.296 e. The predicted molar refractivity (Wildman–Crippen MR) is 125 cm³/mol. The van der Waals surface area contributed by atoms with Crippen LogP contribution >= 0.6 is 0 Å². The van der Waals surface area contributed by atoms with Crippen LogP contribution in [0.15, 0.2) is 79.5 Å². The summed E-state index contributed by atoms with van der Waals surface area (Å²) in [5.74, 6) is -1.82. The Morgan fingerprint density at radius 2 is 1.19 bits per heavy atom. The molecule has 4 aromatic rings. The molecule has 0 bridgehead atoms. The summed E-state index contributed by atoms with van der Waals surface area (Å²) in [6.45, 7) is 0. The summed E-state index contributed by atoms with van der Waals surface area (Å²) in [6.07, 6.45) is 0. The van der Waals surface area contributed by atoms with Crippen molar-refractivity contribution in [2.24, 2.45) is 10.2 Å². The fourth-order valence-electron chi connectivity index (χ4n) is 3.42. The van der Waals surface area contributed by atoms with Gasteiger partial charge in [0.05, 0.1) is 20.9 Å². The fraction of sp³-hybridized carbons (Fsp3) is 0. The highest BCUT2D eigenvalue weighted by atomic mass is 32.2. The summed E-state index contributed by atoms with van der Waals surface area (Å²) in [5, 5.41) is 28.4. The topological polar surface area (TPSA) is 228 Å². The standard InChI is InChI=1S/C20H14N2O11S3/c23-16-9-15(35(28,29)30)7-12-8-17(36(31,32)33)19(20(24)18(12)16)22-21-13-3-1-10-2-4-14(34(25,26)27)6-11(10)5-13/h1-9,23-24H,(H,25,26,27)(H,28,29,30)(H,31,32,33). The van der Waals surface area contributed by atoms with Crippen molar-refractivity contribution in [3.63, 3.8) is 0 Å². The van der Waals surface area contributed by atoms with E-state index in [1.54, 1.807) is 0 Å². The van der Waals surface area contributed by atoms with Gasteiger partial charge < -0.3 is 10.2 Å². The molecule has 0 aliphatic heterocycles. The van der Waals surface area contributed by atoms with Crippen LogP contribution in [0.2, 0.25) is 0 Å². The predicted octanol–water partition coefficient (Wildman–Crippen LogP) is 3.56. The molecule has 4 rings (SSSR count). The minimum Gasteiger partial charge on any atom is -0.507 e. The van der Waals surface area contributed by atoms with E-state index in [9.17, 15) is 49.1 Å². The van der Waals surface area contributed by atoms with Crippen molar-refractivity contribution in [3.05, 3.63) is 54.6 Å². The number of hydrogen-bond donors (Lipinski definition) is 5. The van der Waals surface area contributed by atoms with E-state index in [2.05, 4.69) is 10.2 Å². The SMILES string of the molecule is O=S(=O)(O)c1ccc2ccc(N=Nc3c(S(=O)(=O)O)cc4cc(S(=O)(=O)O)cc(O)c4c3O)cc2c1. The number of aromatic hydroxyl groups is 2. The van der Waals surface area contributed by atoms with Crippen molar-refractivity contribution in [1.82, 2.24) is 0 Å². The van der Waals surface area contributed by atoms with Gasteiger partial charge in [0.2, 0.25) is 0 Å². The van der Waals surface area contributed by atoms with E-state index >= 15 is 0 Å². The number of phenols is 2. The number of benzene rings is 4. The first-order valence-electron chi connectivity index (χ1n) is 9.46. The second-order valence-electron chi connectivity index (χ2n) is 7.43. The molecule has 0 aliphatic rings. The zero-order valence-electron chi connectivity index (χ0n) is 17.5. The van der Waals surface area contributed by atoms with E-state index in [1.165, 1.54) is 30.3 Å². The van der Waals surface area contributed by atoms with Crippen molar-refractivity contribution in [3.8, 4) is 11.5 Å². The number of rotatable bonds is 5. The van der Waals surface area contributed by atoms with Crippen LogP contribution < -0.4 is 0 Å². The lowest BCUT2D eigenvalue weighted by molar-refractivity contribution is 0.457. The Morgan fingerprint density at radius 1 is 0.583 bits per heavy atom. The van der Waals surface area contributed by atoms with Crippen molar-refractivity contribution < 1.29 is 49.1 Å². The average Bonchev–Trinajstić information content (AvgIpc) is 2.75. The van der Waals surface area contributed by atoms with Gasteiger partial charge in [0.1, 0.15) is 16.3 Å². The lowest BCUT2D eigenvalue weighted by atomic mass is 10.1. The lowest BCUT2D eigenvalue weighted by Crippen LogP contribution is -2.01. The molecule has 0 radical (unpaired) electrons. The first kappa shape index (κ1) is 25.4. The molecule has 4 aromatic carbocycles. The van der Waals surface area contributed by atoms with Gasteiger partial charge in [-0.2, -0.15) is 30.4 Å². The van der Waals surface area contributed by atoms with Crippen LogP contribution in [0.1, 0.15) is 0 Å². The number of azo groups is 1. The van der Waals surface area contributed by atoms with E-state index < -0.39 is 62.7 Å². The molecule has 0 aliphatic carbocycles. The van der Waals surface area contributed by atoms with Crippen molar-refractivity contribution in [2.45, 2.75) is 14.7 Å².